The zero-order valence-electron chi connectivity index (χ0n) is 17.5. The smallest absolute Gasteiger partial charge is 0.182 e. The van der Waals surface area contributed by atoms with Crippen molar-refractivity contribution in [3.8, 4) is 0 Å². The minimum atomic E-state index is 0.136. The number of para-hydroxylation sites is 1. The molecule has 1 unspecified atom stereocenters. The molecule has 1 N–H and O–H groups in total. The Hall–Kier alpha value is -2.70. The van der Waals surface area contributed by atoms with Crippen molar-refractivity contribution in [3.05, 3.63) is 75.5 Å². The topological polar surface area (TPSA) is 67.2 Å². The largest absolute Gasteiger partial charge is 0.311 e. The highest BCUT2D eigenvalue weighted by Gasteiger charge is 2.25. The van der Waals surface area contributed by atoms with Gasteiger partial charge in [-0.25, -0.2) is 4.98 Å². The average molecular weight is 431 g/mol. The van der Waals surface area contributed by atoms with Gasteiger partial charge in [0.15, 0.2) is 5.78 Å². The summed E-state index contributed by atoms with van der Waals surface area (Å²) in [5.41, 5.74) is 6.60. The van der Waals surface area contributed by atoms with Gasteiger partial charge in [0, 0.05) is 61.3 Å². The van der Waals surface area contributed by atoms with E-state index in [0.717, 1.165) is 61.6 Å². The maximum absolute atomic E-state index is 12.8. The number of fused-ring (bicyclic) bond motifs is 2. The SMILES string of the molecule is O=C(CC1CCCc2cccnc21)c1csc(CCNCC2=Nc3ccccc3C2)n1. The number of Topliss-reactive ketones (excluding diaryl/α,β-unsaturated/α-hetero) is 1. The zero-order valence-corrected chi connectivity index (χ0v) is 18.3. The molecule has 3 aromatic rings. The number of rotatable bonds is 8. The molecule has 3 heterocycles. The van der Waals surface area contributed by atoms with Gasteiger partial charge in [0.05, 0.1) is 10.7 Å². The van der Waals surface area contributed by atoms with E-state index in [1.807, 2.05) is 23.7 Å². The third kappa shape index (κ3) is 4.65. The third-order valence-corrected chi connectivity index (χ3v) is 7.00. The predicted molar refractivity (Wildman–Crippen MR) is 125 cm³/mol. The fraction of sp³-hybridized carbons (Fsp3) is 0.360. The molecule has 1 aliphatic heterocycles. The molecule has 31 heavy (non-hydrogen) atoms. The summed E-state index contributed by atoms with van der Waals surface area (Å²) in [5, 5.41) is 6.39. The molecule has 1 atom stereocenters. The van der Waals surface area contributed by atoms with Gasteiger partial charge in [0.2, 0.25) is 0 Å². The highest BCUT2D eigenvalue weighted by Crippen LogP contribution is 2.33. The molecule has 6 heteroatoms. The van der Waals surface area contributed by atoms with E-state index in [4.69, 9.17) is 0 Å². The number of pyridine rings is 1. The Bertz CT molecular complexity index is 1120. The van der Waals surface area contributed by atoms with Crippen LogP contribution < -0.4 is 5.32 Å². The average Bonchev–Trinajstić information content (AvgIpc) is 3.44. The summed E-state index contributed by atoms with van der Waals surface area (Å²) in [7, 11) is 0. The van der Waals surface area contributed by atoms with Crippen LogP contribution in [-0.4, -0.2) is 34.6 Å². The van der Waals surface area contributed by atoms with Gasteiger partial charge in [0.25, 0.3) is 0 Å². The van der Waals surface area contributed by atoms with Gasteiger partial charge in [0.1, 0.15) is 5.69 Å². The lowest BCUT2D eigenvalue weighted by molar-refractivity contribution is 0.0966. The molecule has 0 saturated heterocycles. The second-order valence-corrected chi connectivity index (χ2v) is 9.24. The van der Waals surface area contributed by atoms with Crippen LogP contribution in [0.4, 0.5) is 5.69 Å². The van der Waals surface area contributed by atoms with Crippen LogP contribution >= 0.6 is 11.3 Å². The second-order valence-electron chi connectivity index (χ2n) is 8.30. The molecule has 5 nitrogen and oxygen atoms in total. The van der Waals surface area contributed by atoms with Gasteiger partial charge in [-0.05, 0) is 42.5 Å². The van der Waals surface area contributed by atoms with Crippen LogP contribution in [0.5, 0.6) is 0 Å². The molecular formula is C25H26N4OS. The van der Waals surface area contributed by atoms with E-state index >= 15 is 0 Å². The van der Waals surface area contributed by atoms with Crippen molar-refractivity contribution in [3.63, 3.8) is 0 Å². The van der Waals surface area contributed by atoms with Crippen LogP contribution in [0.15, 0.2) is 53.0 Å². The van der Waals surface area contributed by atoms with Crippen LogP contribution in [0.2, 0.25) is 0 Å². The van der Waals surface area contributed by atoms with Crippen molar-refractivity contribution in [2.24, 2.45) is 4.99 Å². The van der Waals surface area contributed by atoms with Crippen LogP contribution in [0.25, 0.3) is 0 Å². The Morgan fingerprint density at radius 1 is 1.16 bits per heavy atom. The van der Waals surface area contributed by atoms with Gasteiger partial charge >= 0.3 is 0 Å². The first-order valence-corrected chi connectivity index (χ1v) is 11.9. The van der Waals surface area contributed by atoms with E-state index in [9.17, 15) is 4.79 Å². The first-order valence-electron chi connectivity index (χ1n) is 11.0. The maximum atomic E-state index is 12.8. The first-order chi connectivity index (χ1) is 15.3. The van der Waals surface area contributed by atoms with Crippen LogP contribution in [0, 0.1) is 0 Å². The predicted octanol–water partition coefficient (Wildman–Crippen LogP) is 4.69. The Labute approximate surface area is 186 Å². The maximum Gasteiger partial charge on any atom is 0.182 e. The summed E-state index contributed by atoms with van der Waals surface area (Å²) >= 11 is 1.58. The number of ketones is 1. The van der Waals surface area contributed by atoms with Crippen LogP contribution in [0.3, 0.4) is 0 Å². The normalized spacial score (nSPS) is 17.2. The third-order valence-electron chi connectivity index (χ3n) is 6.09. The number of carbonyl (C=O) groups excluding carboxylic acids is 1. The Kier molecular flexibility index (Phi) is 6.00. The number of aryl methyl sites for hydroxylation is 1. The molecule has 2 aliphatic rings. The monoisotopic (exact) mass is 430 g/mol. The Balaban J connectivity index is 1.10. The minimum absolute atomic E-state index is 0.136. The van der Waals surface area contributed by atoms with Crippen molar-refractivity contribution in [2.75, 3.05) is 13.1 Å². The van der Waals surface area contributed by atoms with Crippen LogP contribution in [-0.2, 0) is 19.3 Å². The molecule has 1 aromatic carbocycles. The van der Waals surface area contributed by atoms with Gasteiger partial charge in [-0.1, -0.05) is 24.3 Å². The van der Waals surface area contributed by atoms with Crippen LogP contribution in [0.1, 0.15) is 57.5 Å². The number of hydrogen-bond donors (Lipinski definition) is 1. The summed E-state index contributed by atoms with van der Waals surface area (Å²) in [4.78, 5) is 26.7. The van der Waals surface area contributed by atoms with Crippen molar-refractivity contribution in [1.29, 1.82) is 0 Å². The lowest BCUT2D eigenvalue weighted by Crippen LogP contribution is -2.25. The lowest BCUT2D eigenvalue weighted by Gasteiger charge is -2.23. The lowest BCUT2D eigenvalue weighted by atomic mass is 9.83. The highest BCUT2D eigenvalue weighted by molar-refractivity contribution is 7.09. The van der Waals surface area contributed by atoms with Gasteiger partial charge in [-0.15, -0.1) is 11.3 Å². The van der Waals surface area contributed by atoms with Crippen molar-refractivity contribution < 1.29 is 4.79 Å². The zero-order chi connectivity index (χ0) is 21.0. The molecule has 1 aliphatic carbocycles. The number of aromatic nitrogens is 2. The van der Waals surface area contributed by atoms with E-state index in [-0.39, 0.29) is 11.7 Å². The van der Waals surface area contributed by atoms with E-state index in [1.165, 1.54) is 16.8 Å². The van der Waals surface area contributed by atoms with Gasteiger partial charge in [-0.3, -0.25) is 14.8 Å². The number of carbonyl (C=O) groups is 1. The molecular weight excluding hydrogens is 404 g/mol. The standard InChI is InChI=1S/C25H26N4OS/c30-23(14-19-7-3-6-17-8-4-11-27-25(17)19)22-16-31-24(29-22)10-12-26-15-20-13-18-5-1-2-9-21(18)28-20/h1-2,4-5,8-9,11,16,19,26H,3,6-7,10,12-15H2. The summed E-state index contributed by atoms with van der Waals surface area (Å²) in [5.74, 6) is 0.359. The van der Waals surface area contributed by atoms with Crippen molar-refractivity contribution in [2.45, 2.75) is 44.4 Å². The molecule has 2 aromatic heterocycles. The van der Waals surface area contributed by atoms with E-state index < -0.39 is 0 Å². The Morgan fingerprint density at radius 2 is 2.06 bits per heavy atom. The fourth-order valence-corrected chi connectivity index (χ4v) is 5.32. The number of aliphatic imine (C=N–C) groups is 1. The first kappa shape index (κ1) is 20.2. The number of benzene rings is 1. The summed E-state index contributed by atoms with van der Waals surface area (Å²) in [6.45, 7) is 1.62. The number of nitrogens with zero attached hydrogens (tertiary/aromatic N) is 3. The molecule has 0 radical (unpaired) electrons. The van der Waals surface area contributed by atoms with E-state index in [0.29, 0.717) is 12.1 Å². The molecule has 5 rings (SSSR count). The van der Waals surface area contributed by atoms with Crippen molar-refractivity contribution >= 4 is 28.5 Å². The molecule has 0 fully saturated rings. The molecule has 158 valence electrons. The van der Waals surface area contributed by atoms with E-state index in [1.54, 1.807) is 11.3 Å². The quantitative estimate of drug-likeness (QED) is 0.416. The highest BCUT2D eigenvalue weighted by atomic mass is 32.1. The molecule has 0 bridgehead atoms. The summed E-state index contributed by atoms with van der Waals surface area (Å²) < 4.78 is 0. The number of hydrogen-bond acceptors (Lipinski definition) is 6. The summed E-state index contributed by atoms with van der Waals surface area (Å²) in [6, 6.07) is 12.4. The molecule has 0 spiro atoms. The minimum Gasteiger partial charge on any atom is -0.311 e. The molecule has 0 saturated carbocycles. The fourth-order valence-electron chi connectivity index (χ4n) is 4.52. The second kappa shape index (κ2) is 9.20. The van der Waals surface area contributed by atoms with Gasteiger partial charge < -0.3 is 5.32 Å². The van der Waals surface area contributed by atoms with E-state index in [2.05, 4.69) is 44.5 Å². The number of thiazole rings is 1. The van der Waals surface area contributed by atoms with Gasteiger partial charge in [-0.2, -0.15) is 0 Å². The molecule has 0 amide bonds. The summed E-state index contributed by atoms with van der Waals surface area (Å²) in [6.07, 6.45) is 7.33. The number of nitrogens with one attached hydrogen (secondary N) is 1. The van der Waals surface area contributed by atoms with Crippen molar-refractivity contribution in [1.82, 2.24) is 15.3 Å². The Morgan fingerprint density at radius 3 is 3.00 bits per heavy atom.